The van der Waals surface area contributed by atoms with Crippen molar-refractivity contribution in [2.24, 2.45) is 36.6 Å². The van der Waals surface area contributed by atoms with Gasteiger partial charge in [0.2, 0.25) is 0 Å². The van der Waals surface area contributed by atoms with E-state index < -0.39 is 130 Å². The Kier molecular flexibility index (Phi) is 33.0. The first kappa shape index (κ1) is 87.8. The fourth-order valence-electron chi connectivity index (χ4n) is 16.1. The second kappa shape index (κ2) is 38.8. The Bertz CT molecular complexity index is 3320. The molecule has 25 nitrogen and oxygen atoms in total. The second-order valence-electron chi connectivity index (χ2n) is 30.5. The summed E-state index contributed by atoms with van der Waals surface area (Å²) >= 11 is 3.35. The Morgan fingerprint density at radius 3 is 2.07 bits per heavy atom. The van der Waals surface area contributed by atoms with Crippen LogP contribution in [0, 0.1) is 29.6 Å². The summed E-state index contributed by atoms with van der Waals surface area (Å²) in [5.74, 6) is -5.76. The first-order valence-electron chi connectivity index (χ1n) is 37.2. The molecular formula is C76H123BrN4O21S. The molecule has 2 aromatic heterocycles. The zero-order valence-electron chi connectivity index (χ0n) is 64.3. The number of halogens is 1. The quantitative estimate of drug-likeness (QED) is 0.0228. The number of unbranched alkanes of at least 4 members (excludes halogenated alkanes) is 9. The summed E-state index contributed by atoms with van der Waals surface area (Å²) in [5, 5.41) is 47.9. The van der Waals surface area contributed by atoms with Gasteiger partial charge in [-0.05, 0) is 140 Å². The normalized spacial score (nSPS) is 34.6. The highest BCUT2D eigenvalue weighted by Gasteiger charge is 2.56. The summed E-state index contributed by atoms with van der Waals surface area (Å²) in [6, 6.07) is 8.16. The maximum atomic E-state index is 14.2. The summed E-state index contributed by atoms with van der Waals surface area (Å²) < 4.78 is 91.6. The predicted molar refractivity (Wildman–Crippen MR) is 392 cm³/mol. The number of aryl methyl sites for hydroxylation is 1. The van der Waals surface area contributed by atoms with Crippen LogP contribution < -0.4 is 0 Å². The van der Waals surface area contributed by atoms with Gasteiger partial charge >= 0.3 is 28.3 Å². The Morgan fingerprint density at radius 1 is 0.825 bits per heavy atom. The molecule has 21 unspecified atom stereocenters. The third-order valence-corrected chi connectivity index (χ3v) is 22.9. The standard InChI is InChI=1S/C40H71NO14.C24H26BrN3O3.C12H26O4S/c1-15-27-40(11,48)33(44)22(5)30(43)20(3)18-38(9,47)35(55-37-32(53-28(42)16-2)26(41(12)13)17-21(4)50-37)23(6)31(24(7)36(46)52-27)54-29-19-39(10,49-14)34(45)25(8)51-29;1-27-13-17-8-21-24(30-3,19-5-4-6-20(27)22(17)19)9-15(12-28(21)2)14-31-23(29)16-7-18(25)11-26-10-16;1-2-3-4-5-6-7-8-9-10-11-12-16-17(13,14)15/h20-27,29,31-35,37,44-45,47-48H,15-19H2,1-14H3;4-7,10-11,13,15,21H,8-9,12,14H2,1-3H3;2-12H2,1H3,(H,13,14,15). The zero-order valence-corrected chi connectivity index (χ0v) is 66.7. The minimum atomic E-state index is -4.23. The van der Waals surface area contributed by atoms with Crippen LogP contribution in [0.2, 0.25) is 0 Å². The van der Waals surface area contributed by atoms with Gasteiger partial charge in [-0.15, -0.1) is 0 Å². The fraction of sp³-hybridized carbons (Fsp3) is 0.776. The van der Waals surface area contributed by atoms with Crippen LogP contribution in [0.3, 0.4) is 0 Å². The number of carbonyl (C=O) groups is 4. The molecule has 1 aliphatic carbocycles. The highest BCUT2D eigenvalue weighted by molar-refractivity contribution is 9.10. The van der Waals surface area contributed by atoms with E-state index in [0.717, 1.165) is 36.7 Å². The average molecular weight is 1540 g/mol. The number of aliphatic hydroxyl groups excluding tert-OH is 2. The molecule has 4 fully saturated rings. The highest BCUT2D eigenvalue weighted by atomic mass is 79.9. The summed E-state index contributed by atoms with van der Waals surface area (Å²) in [6.45, 7) is 21.5. The zero-order chi connectivity index (χ0) is 76.7. The lowest BCUT2D eigenvalue weighted by molar-refractivity contribution is -0.319. The van der Waals surface area contributed by atoms with E-state index >= 15 is 0 Å². The number of likely N-dealkylation sites (N-methyl/N-ethyl adjacent to an activating group) is 2. The van der Waals surface area contributed by atoms with Gasteiger partial charge in [0.1, 0.15) is 29.2 Å². The molecule has 4 aliphatic heterocycles. The number of ether oxygens (including phenoxy) is 9. The number of nitrogens with zero attached hydrogens (tertiary/aromatic N) is 4. The van der Waals surface area contributed by atoms with Crippen LogP contribution >= 0.6 is 15.9 Å². The van der Waals surface area contributed by atoms with Crippen LogP contribution in [-0.2, 0) is 90.7 Å². The molecule has 8 rings (SSSR count). The number of hydrogen-bond donors (Lipinski definition) is 5. The largest absolute Gasteiger partial charge is 0.462 e. The first-order chi connectivity index (χ1) is 48.3. The van der Waals surface area contributed by atoms with Gasteiger partial charge < -0.3 is 72.5 Å². The van der Waals surface area contributed by atoms with Gasteiger partial charge in [-0.25, -0.2) is 8.98 Å². The number of ketones is 1. The number of rotatable bonds is 25. The van der Waals surface area contributed by atoms with Gasteiger partial charge in [0, 0.05) is 104 Å². The number of piperidine rings is 1. The molecule has 0 radical (unpaired) electrons. The van der Waals surface area contributed by atoms with Crippen LogP contribution in [0.4, 0.5) is 0 Å². The molecule has 27 heteroatoms. The molecule has 4 saturated heterocycles. The topological polar surface area (TPSA) is 320 Å². The number of aromatic nitrogens is 2. The van der Waals surface area contributed by atoms with Gasteiger partial charge in [0.15, 0.2) is 18.7 Å². The molecule has 0 bridgehead atoms. The molecule has 21 atom stereocenters. The van der Waals surface area contributed by atoms with E-state index in [1.165, 1.54) is 101 Å². The van der Waals surface area contributed by atoms with Crippen LogP contribution in [0.25, 0.3) is 10.9 Å². The average Bonchev–Trinajstić information content (AvgIpc) is 1.64. The number of Topliss-reactive ketones (excluding diaryl/α,β-unsaturated/α-hetero) is 1. The fourth-order valence-corrected chi connectivity index (χ4v) is 16.8. The van der Waals surface area contributed by atoms with Crippen molar-refractivity contribution in [2.75, 3.05) is 55.1 Å². The van der Waals surface area contributed by atoms with Crippen molar-refractivity contribution < 1.29 is 99.4 Å². The number of esters is 3. The smallest absolute Gasteiger partial charge is 0.397 e. The lowest BCUT2D eigenvalue weighted by atomic mass is 9.69. The number of pyridine rings is 1. The Balaban J connectivity index is 0.000000287. The molecule has 6 heterocycles. The van der Waals surface area contributed by atoms with Crippen molar-refractivity contribution in [1.29, 1.82) is 0 Å². The van der Waals surface area contributed by atoms with Crippen molar-refractivity contribution in [3.8, 4) is 0 Å². The van der Waals surface area contributed by atoms with Gasteiger partial charge in [0.05, 0.1) is 72.5 Å². The van der Waals surface area contributed by atoms with E-state index in [0.29, 0.717) is 25.0 Å². The van der Waals surface area contributed by atoms with Crippen LogP contribution in [-0.4, -0.2) is 222 Å². The molecule has 1 aromatic carbocycles. The molecule has 5 aliphatic rings. The number of aliphatic hydroxyl groups is 4. The van der Waals surface area contributed by atoms with Crippen molar-refractivity contribution in [1.82, 2.24) is 19.4 Å². The van der Waals surface area contributed by atoms with Crippen molar-refractivity contribution >= 4 is 60.9 Å². The molecule has 103 heavy (non-hydrogen) atoms. The van der Waals surface area contributed by atoms with Crippen molar-refractivity contribution in [2.45, 2.75) is 288 Å². The van der Waals surface area contributed by atoms with Crippen molar-refractivity contribution in [3.05, 3.63) is 64.0 Å². The van der Waals surface area contributed by atoms with Crippen LogP contribution in [0.15, 0.2) is 47.3 Å². The predicted octanol–water partition coefficient (Wildman–Crippen LogP) is 10.4. The number of fused-ring (bicyclic) bond motifs is 2. The van der Waals surface area contributed by atoms with Gasteiger partial charge in [-0.3, -0.25) is 28.8 Å². The number of carbonyl (C=O) groups excluding carboxylic acids is 4. The molecule has 0 spiro atoms. The summed E-state index contributed by atoms with van der Waals surface area (Å²) in [6.07, 6.45) is 9.38. The van der Waals surface area contributed by atoms with Crippen LogP contribution in [0.5, 0.6) is 0 Å². The number of hydrogen-bond acceptors (Lipinski definition) is 23. The summed E-state index contributed by atoms with van der Waals surface area (Å²) in [5.41, 5.74) is -1.03. The number of cyclic esters (lactones) is 1. The molecule has 3 aromatic rings. The lowest BCUT2D eigenvalue weighted by Crippen LogP contribution is -2.61. The molecule has 0 amide bonds. The molecular weight excluding hydrogens is 1420 g/mol. The Hall–Kier alpha value is -4.14. The molecule has 5 N–H and O–H groups in total. The van der Waals surface area contributed by atoms with Gasteiger partial charge in [0.25, 0.3) is 0 Å². The van der Waals surface area contributed by atoms with E-state index in [-0.39, 0.29) is 62.4 Å². The summed E-state index contributed by atoms with van der Waals surface area (Å²) in [4.78, 5) is 61.9. The third kappa shape index (κ3) is 22.5. The van der Waals surface area contributed by atoms with E-state index in [4.69, 9.17) is 47.2 Å². The Labute approximate surface area is 620 Å². The number of likely N-dealkylation sites (tertiary alicyclic amines) is 1. The highest BCUT2D eigenvalue weighted by Crippen LogP contribution is 2.50. The molecule has 586 valence electrons. The van der Waals surface area contributed by atoms with E-state index in [1.54, 1.807) is 60.7 Å². The Morgan fingerprint density at radius 2 is 1.48 bits per heavy atom. The summed E-state index contributed by atoms with van der Waals surface area (Å²) in [7, 11) is 7.04. The van der Waals surface area contributed by atoms with E-state index in [9.17, 15) is 48.0 Å². The minimum Gasteiger partial charge on any atom is -0.462 e. The van der Waals surface area contributed by atoms with Gasteiger partial charge in [-0.1, -0.05) is 111 Å². The second-order valence-corrected chi connectivity index (χ2v) is 32.5. The molecule has 0 saturated carbocycles. The van der Waals surface area contributed by atoms with Crippen LogP contribution in [0.1, 0.15) is 207 Å². The van der Waals surface area contributed by atoms with E-state index in [2.05, 4.69) is 80.0 Å². The SMILES string of the molecule is CCC(=O)OC1C(OC2C(C)C(OC3CC(C)(OC)C(O)C(C)O3)C(C)C(=O)OC(CC)C(C)(O)C(O)C(C)C(=O)C(C)CC2(C)O)OC(C)CC1N(C)C.CCCCCCCCCCCCOS(=O)(=O)O.COC12CC(COC(=O)c3cncc(Br)c3)CN(C)C1Cc1cn(C)c3cccc2c13. The number of methoxy groups -OCH3 is 2. The maximum absolute atomic E-state index is 14.2. The first-order valence-corrected chi connectivity index (χ1v) is 39.3. The minimum absolute atomic E-state index is 0.0760. The monoisotopic (exact) mass is 1540 g/mol. The van der Waals surface area contributed by atoms with E-state index in [1.807, 2.05) is 33.0 Å². The maximum Gasteiger partial charge on any atom is 0.397 e. The van der Waals surface area contributed by atoms with Gasteiger partial charge in [-0.2, -0.15) is 8.42 Å². The third-order valence-electron chi connectivity index (χ3n) is 22.0. The van der Waals surface area contributed by atoms with Crippen molar-refractivity contribution in [3.63, 3.8) is 0 Å². The number of benzene rings is 1. The lowest BCUT2D eigenvalue weighted by Gasteiger charge is -2.53.